The molecule has 0 aliphatic heterocycles. The molecule has 0 unspecified atom stereocenters. The van der Waals surface area contributed by atoms with Gasteiger partial charge in [-0.1, -0.05) is 6.58 Å². The lowest BCUT2D eigenvalue weighted by atomic mass is 10.3. The first-order chi connectivity index (χ1) is 4.87. The summed E-state index contributed by atoms with van der Waals surface area (Å²) in [6, 6.07) is 0. The molecule has 0 saturated carbocycles. The normalized spacial score (nSPS) is 14.0. The summed E-state index contributed by atoms with van der Waals surface area (Å²) in [6.45, 7) is 4.62. The van der Waals surface area contributed by atoms with Crippen LogP contribution in [-0.2, 0) is 10.1 Å². The average Bonchev–Trinajstić information content (AvgIpc) is 1.82. The van der Waals surface area contributed by atoms with E-state index in [0.29, 0.717) is 0 Å². The molecule has 0 aliphatic carbocycles. The molecule has 0 aromatic rings. The van der Waals surface area contributed by atoms with E-state index in [9.17, 15) is 8.42 Å². The number of hydrogen-bond acceptors (Lipinski definition) is 3. The van der Waals surface area contributed by atoms with E-state index in [4.69, 9.17) is 9.66 Å². The monoisotopic (exact) mass is 178 g/mol. The molecule has 0 rings (SSSR count). The summed E-state index contributed by atoms with van der Waals surface area (Å²) in [6.07, 6.45) is 1.11. The predicted molar refractivity (Wildman–Crippen MR) is 41.9 cm³/mol. The number of allylic oxidation sites excluding steroid dienone is 1. The van der Waals surface area contributed by atoms with Gasteiger partial charge in [0.05, 0.1) is 5.75 Å². The Bertz CT molecular complexity index is 273. The van der Waals surface area contributed by atoms with Crippen molar-refractivity contribution in [3.05, 3.63) is 24.0 Å². The van der Waals surface area contributed by atoms with Crippen molar-refractivity contribution in [3.8, 4) is 0 Å². The molecule has 0 fully saturated rings. The Labute approximate surface area is 65.6 Å². The SMILES string of the molecule is C=C/C(O)=C(\C)CS(=O)(=O)O. The maximum absolute atomic E-state index is 10.2. The minimum atomic E-state index is -4.04. The van der Waals surface area contributed by atoms with Gasteiger partial charge in [-0.3, -0.25) is 4.55 Å². The molecule has 5 heteroatoms. The molecule has 11 heavy (non-hydrogen) atoms. The number of hydrogen-bond donors (Lipinski definition) is 2. The van der Waals surface area contributed by atoms with Crippen LogP contribution in [0.3, 0.4) is 0 Å². The summed E-state index contributed by atoms with van der Waals surface area (Å²) in [7, 11) is -4.04. The number of aliphatic hydroxyl groups is 1. The quantitative estimate of drug-likeness (QED) is 0.382. The second kappa shape index (κ2) is 3.54. The molecule has 0 radical (unpaired) electrons. The third kappa shape index (κ3) is 4.58. The molecule has 0 saturated heterocycles. The van der Waals surface area contributed by atoms with Crippen LogP contribution in [0.2, 0.25) is 0 Å². The molecule has 2 N–H and O–H groups in total. The van der Waals surface area contributed by atoms with E-state index in [1.807, 2.05) is 0 Å². The second-order valence-electron chi connectivity index (χ2n) is 2.10. The molecule has 4 nitrogen and oxygen atoms in total. The molecule has 0 aliphatic rings. The smallest absolute Gasteiger partial charge is 0.268 e. The summed E-state index contributed by atoms with van der Waals surface area (Å²) < 4.78 is 28.8. The van der Waals surface area contributed by atoms with Gasteiger partial charge in [0.25, 0.3) is 10.1 Å². The van der Waals surface area contributed by atoms with E-state index < -0.39 is 15.9 Å². The minimum absolute atomic E-state index is 0.169. The van der Waals surface area contributed by atoms with Gasteiger partial charge in [-0.25, -0.2) is 0 Å². The lowest BCUT2D eigenvalue weighted by Gasteiger charge is -1.98. The van der Waals surface area contributed by atoms with Gasteiger partial charge in [-0.15, -0.1) is 0 Å². The van der Waals surface area contributed by atoms with Crippen LogP contribution < -0.4 is 0 Å². The fourth-order valence-electron chi connectivity index (χ4n) is 0.522. The highest BCUT2D eigenvalue weighted by Gasteiger charge is 2.07. The maximum Gasteiger partial charge on any atom is 0.268 e. The zero-order valence-corrected chi connectivity index (χ0v) is 6.93. The van der Waals surface area contributed by atoms with Crippen LogP contribution in [0.5, 0.6) is 0 Å². The van der Waals surface area contributed by atoms with E-state index in [1.54, 1.807) is 0 Å². The van der Waals surface area contributed by atoms with E-state index in [0.717, 1.165) is 6.08 Å². The molecular formula is C6H10O4S. The van der Waals surface area contributed by atoms with Crippen molar-refractivity contribution in [3.63, 3.8) is 0 Å². The summed E-state index contributed by atoms with van der Waals surface area (Å²) in [4.78, 5) is 0. The Balaban J connectivity index is 4.54. The highest BCUT2D eigenvalue weighted by molar-refractivity contribution is 7.85. The molecule has 0 aromatic heterocycles. The maximum atomic E-state index is 10.2. The molecule has 0 heterocycles. The number of aliphatic hydroxyl groups excluding tert-OH is 1. The van der Waals surface area contributed by atoms with Crippen LogP contribution in [0, 0.1) is 0 Å². The van der Waals surface area contributed by atoms with Gasteiger partial charge in [0.1, 0.15) is 5.76 Å². The van der Waals surface area contributed by atoms with Gasteiger partial charge in [0.2, 0.25) is 0 Å². The van der Waals surface area contributed by atoms with Crippen LogP contribution in [0.15, 0.2) is 24.0 Å². The van der Waals surface area contributed by atoms with Crippen LogP contribution in [-0.4, -0.2) is 23.8 Å². The standard InChI is InChI=1S/C6H10O4S/c1-3-6(7)5(2)4-11(8,9)10/h3,7H,1,4H2,2H3,(H,8,9,10)/b6-5-. The van der Waals surface area contributed by atoms with Crippen molar-refractivity contribution in [2.75, 3.05) is 5.75 Å². The van der Waals surface area contributed by atoms with Crippen molar-refractivity contribution >= 4 is 10.1 Å². The lowest BCUT2D eigenvalue weighted by molar-refractivity contribution is 0.424. The summed E-state index contributed by atoms with van der Waals surface area (Å²) >= 11 is 0. The first-order valence-corrected chi connectivity index (χ1v) is 4.44. The minimum Gasteiger partial charge on any atom is -0.508 e. The van der Waals surface area contributed by atoms with Crippen molar-refractivity contribution in [1.29, 1.82) is 0 Å². The van der Waals surface area contributed by atoms with Gasteiger partial charge in [-0.2, -0.15) is 8.42 Å². The van der Waals surface area contributed by atoms with E-state index in [2.05, 4.69) is 6.58 Å². The van der Waals surface area contributed by atoms with Crippen molar-refractivity contribution in [2.24, 2.45) is 0 Å². The molecule has 0 amide bonds. The van der Waals surface area contributed by atoms with E-state index in [-0.39, 0.29) is 11.3 Å². The predicted octanol–water partition coefficient (Wildman–Crippen LogP) is 0.892. The van der Waals surface area contributed by atoms with Gasteiger partial charge in [0.15, 0.2) is 0 Å². The fraction of sp³-hybridized carbons (Fsp3) is 0.333. The highest BCUT2D eigenvalue weighted by Crippen LogP contribution is 2.03. The van der Waals surface area contributed by atoms with Gasteiger partial charge < -0.3 is 5.11 Å². The third-order valence-electron chi connectivity index (χ3n) is 1.03. The Morgan fingerprint density at radius 1 is 1.64 bits per heavy atom. The Morgan fingerprint density at radius 3 is 2.36 bits per heavy atom. The van der Waals surface area contributed by atoms with Crippen LogP contribution in [0.4, 0.5) is 0 Å². The largest absolute Gasteiger partial charge is 0.508 e. The fourth-order valence-corrected chi connectivity index (χ4v) is 1.22. The van der Waals surface area contributed by atoms with E-state index in [1.165, 1.54) is 6.92 Å². The molecule has 0 atom stereocenters. The second-order valence-corrected chi connectivity index (χ2v) is 3.55. The van der Waals surface area contributed by atoms with Crippen LogP contribution in [0.1, 0.15) is 6.92 Å². The Hall–Kier alpha value is -0.810. The van der Waals surface area contributed by atoms with Crippen molar-refractivity contribution < 1.29 is 18.1 Å². The summed E-state index contributed by atoms with van der Waals surface area (Å²) in [5.74, 6) is -0.784. The zero-order valence-electron chi connectivity index (χ0n) is 6.11. The summed E-state index contributed by atoms with van der Waals surface area (Å²) in [5.41, 5.74) is 0.169. The average molecular weight is 178 g/mol. The van der Waals surface area contributed by atoms with Crippen LogP contribution in [0.25, 0.3) is 0 Å². The Kier molecular flexibility index (Phi) is 3.28. The lowest BCUT2D eigenvalue weighted by Crippen LogP contribution is -2.06. The molecular weight excluding hydrogens is 168 g/mol. The molecule has 0 spiro atoms. The summed E-state index contributed by atoms with van der Waals surface area (Å²) in [5, 5.41) is 8.88. The van der Waals surface area contributed by atoms with Gasteiger partial charge in [0, 0.05) is 0 Å². The topological polar surface area (TPSA) is 74.6 Å². The van der Waals surface area contributed by atoms with Crippen LogP contribution >= 0.6 is 0 Å². The van der Waals surface area contributed by atoms with Gasteiger partial charge in [-0.05, 0) is 18.6 Å². The molecule has 0 bridgehead atoms. The first-order valence-electron chi connectivity index (χ1n) is 2.83. The van der Waals surface area contributed by atoms with Crippen molar-refractivity contribution in [1.82, 2.24) is 0 Å². The molecule has 0 aromatic carbocycles. The third-order valence-corrected chi connectivity index (χ3v) is 1.83. The number of rotatable bonds is 3. The highest BCUT2D eigenvalue weighted by atomic mass is 32.2. The van der Waals surface area contributed by atoms with Gasteiger partial charge >= 0.3 is 0 Å². The zero-order chi connectivity index (χ0) is 9.07. The molecule has 64 valence electrons. The Morgan fingerprint density at radius 2 is 2.09 bits per heavy atom. The first kappa shape index (κ1) is 10.2. The van der Waals surface area contributed by atoms with Crippen molar-refractivity contribution in [2.45, 2.75) is 6.92 Å². The van der Waals surface area contributed by atoms with E-state index >= 15 is 0 Å².